The summed E-state index contributed by atoms with van der Waals surface area (Å²) in [4.78, 5) is 63.4. The van der Waals surface area contributed by atoms with Crippen LogP contribution >= 0.6 is 0 Å². The van der Waals surface area contributed by atoms with Gasteiger partial charge in [-0.05, 0) is 41.5 Å². The number of carbonyl (C=O) groups is 3. The summed E-state index contributed by atoms with van der Waals surface area (Å²) in [5.74, 6) is -1.19. The topological polar surface area (TPSA) is 140 Å². The van der Waals surface area contributed by atoms with Crippen LogP contribution < -0.4 is 16.6 Å². The molecule has 1 aromatic rings. The summed E-state index contributed by atoms with van der Waals surface area (Å²) in [6, 6.07) is -0.549. The van der Waals surface area contributed by atoms with Crippen LogP contribution in [0.3, 0.4) is 0 Å². The monoisotopic (exact) mass is 426 g/mol. The Morgan fingerprint density at radius 3 is 2.47 bits per heavy atom. The third-order valence-corrected chi connectivity index (χ3v) is 3.73. The van der Waals surface area contributed by atoms with Gasteiger partial charge in [0.1, 0.15) is 18.7 Å². The van der Waals surface area contributed by atoms with Gasteiger partial charge >= 0.3 is 17.8 Å². The summed E-state index contributed by atoms with van der Waals surface area (Å²) < 4.78 is 11.1. The van der Waals surface area contributed by atoms with E-state index in [9.17, 15) is 24.0 Å². The van der Waals surface area contributed by atoms with Gasteiger partial charge in [0.25, 0.3) is 5.56 Å². The van der Waals surface area contributed by atoms with Gasteiger partial charge < -0.3 is 19.7 Å². The van der Waals surface area contributed by atoms with Gasteiger partial charge in [-0.1, -0.05) is 0 Å². The van der Waals surface area contributed by atoms with Crippen molar-refractivity contribution in [2.24, 2.45) is 0 Å². The number of ether oxygens (including phenoxy) is 2. The number of nitrogens with zero attached hydrogens (tertiary/aromatic N) is 2. The van der Waals surface area contributed by atoms with Crippen LogP contribution in [0.2, 0.25) is 0 Å². The molecule has 11 nitrogen and oxygen atoms in total. The van der Waals surface area contributed by atoms with Gasteiger partial charge in [-0.25, -0.2) is 9.59 Å². The highest BCUT2D eigenvalue weighted by Gasteiger charge is 2.23. The largest absolute Gasteiger partial charge is 0.465 e. The standard InChI is InChI=1S/C19H30N4O7/c1-7-29-15(25)11-22(9-13(3)20-18(28)30-19(4,5)6)14(24)10-23-8-12(2)16(26)21-17(23)27/h8,13H,7,9-11H2,1-6H3,(H,20,28)(H,21,26,27)/t13-/m0/s1. The molecule has 1 heterocycles. The quantitative estimate of drug-likeness (QED) is 0.564. The molecule has 0 radical (unpaired) electrons. The van der Waals surface area contributed by atoms with Crippen molar-refractivity contribution in [1.82, 2.24) is 19.8 Å². The van der Waals surface area contributed by atoms with E-state index in [0.29, 0.717) is 0 Å². The minimum atomic E-state index is -0.741. The van der Waals surface area contributed by atoms with Crippen molar-refractivity contribution >= 4 is 18.0 Å². The zero-order valence-electron chi connectivity index (χ0n) is 18.2. The van der Waals surface area contributed by atoms with E-state index >= 15 is 0 Å². The number of aryl methyl sites for hydroxylation is 1. The number of hydrogen-bond donors (Lipinski definition) is 2. The first-order valence-corrected chi connectivity index (χ1v) is 9.55. The van der Waals surface area contributed by atoms with Crippen molar-refractivity contribution < 1.29 is 23.9 Å². The Kier molecular flexibility index (Phi) is 8.81. The van der Waals surface area contributed by atoms with Crippen molar-refractivity contribution in [3.63, 3.8) is 0 Å². The van der Waals surface area contributed by atoms with Gasteiger partial charge in [0, 0.05) is 24.3 Å². The van der Waals surface area contributed by atoms with Crippen molar-refractivity contribution in [2.45, 2.75) is 59.7 Å². The average molecular weight is 426 g/mol. The minimum absolute atomic E-state index is 0.0199. The molecular formula is C19H30N4O7. The van der Waals surface area contributed by atoms with Crippen molar-refractivity contribution in [1.29, 1.82) is 0 Å². The lowest BCUT2D eigenvalue weighted by Gasteiger charge is -2.27. The summed E-state index contributed by atoms with van der Waals surface area (Å²) in [5.41, 5.74) is -1.70. The molecule has 0 bridgehead atoms. The molecule has 2 amide bonds. The molecule has 1 atom stereocenters. The summed E-state index contributed by atoms with van der Waals surface area (Å²) in [6.07, 6.45) is 0.607. The zero-order valence-corrected chi connectivity index (χ0v) is 18.2. The molecule has 0 aliphatic rings. The molecule has 0 spiro atoms. The number of aromatic nitrogens is 2. The fourth-order valence-corrected chi connectivity index (χ4v) is 2.48. The Labute approximate surface area is 174 Å². The van der Waals surface area contributed by atoms with Crippen LogP contribution in [0.4, 0.5) is 4.79 Å². The van der Waals surface area contributed by atoms with Crippen LogP contribution in [0.1, 0.15) is 40.2 Å². The van der Waals surface area contributed by atoms with E-state index in [2.05, 4.69) is 10.3 Å². The second kappa shape index (κ2) is 10.6. The molecule has 0 fully saturated rings. The van der Waals surface area contributed by atoms with E-state index in [1.165, 1.54) is 18.0 Å². The second-order valence-corrected chi connectivity index (χ2v) is 7.83. The van der Waals surface area contributed by atoms with Crippen LogP contribution in [0.15, 0.2) is 15.8 Å². The Balaban J connectivity index is 2.94. The summed E-state index contributed by atoms with van der Waals surface area (Å²) >= 11 is 0. The molecule has 2 N–H and O–H groups in total. The maximum Gasteiger partial charge on any atom is 0.407 e. The predicted octanol–water partition coefficient (Wildman–Crippen LogP) is 0.150. The first-order chi connectivity index (χ1) is 13.8. The molecule has 0 aromatic carbocycles. The van der Waals surface area contributed by atoms with Crippen molar-refractivity contribution in [2.75, 3.05) is 19.7 Å². The summed E-state index contributed by atoms with van der Waals surface area (Å²) in [7, 11) is 0. The number of alkyl carbamates (subject to hydrolysis) is 1. The molecular weight excluding hydrogens is 396 g/mol. The number of aromatic amines is 1. The van der Waals surface area contributed by atoms with E-state index in [1.807, 2.05) is 0 Å². The first kappa shape index (κ1) is 24.9. The molecule has 0 saturated carbocycles. The maximum atomic E-state index is 12.8. The number of nitrogens with one attached hydrogen (secondary N) is 2. The predicted molar refractivity (Wildman–Crippen MR) is 108 cm³/mol. The highest BCUT2D eigenvalue weighted by Crippen LogP contribution is 2.07. The van der Waals surface area contributed by atoms with E-state index in [1.54, 1.807) is 34.6 Å². The van der Waals surface area contributed by atoms with E-state index in [0.717, 1.165) is 4.57 Å². The molecule has 0 aliphatic heterocycles. The van der Waals surface area contributed by atoms with E-state index in [-0.39, 0.29) is 25.3 Å². The van der Waals surface area contributed by atoms with Gasteiger partial charge in [0.15, 0.2) is 0 Å². The number of rotatable bonds is 8. The number of H-pyrrole nitrogens is 1. The summed E-state index contributed by atoms with van der Waals surface area (Å²) in [5, 5.41) is 2.60. The maximum absolute atomic E-state index is 12.8. The fourth-order valence-electron chi connectivity index (χ4n) is 2.48. The molecule has 1 aromatic heterocycles. The second-order valence-electron chi connectivity index (χ2n) is 7.83. The van der Waals surface area contributed by atoms with Crippen molar-refractivity contribution in [3.05, 3.63) is 32.6 Å². The number of carbonyl (C=O) groups excluding carboxylic acids is 3. The Morgan fingerprint density at radius 1 is 1.27 bits per heavy atom. The lowest BCUT2D eigenvalue weighted by Crippen LogP contribution is -2.48. The van der Waals surface area contributed by atoms with E-state index < -0.39 is 47.4 Å². The van der Waals surface area contributed by atoms with Crippen LogP contribution in [-0.4, -0.2) is 63.8 Å². The van der Waals surface area contributed by atoms with Gasteiger partial charge in [0.2, 0.25) is 5.91 Å². The van der Waals surface area contributed by atoms with Crippen LogP contribution in [-0.2, 0) is 25.6 Å². The smallest absolute Gasteiger partial charge is 0.407 e. The van der Waals surface area contributed by atoms with Gasteiger partial charge in [-0.3, -0.25) is 23.9 Å². The molecule has 1 rings (SSSR count). The normalized spacial score (nSPS) is 12.1. The average Bonchev–Trinajstić information content (AvgIpc) is 2.57. The minimum Gasteiger partial charge on any atom is -0.465 e. The number of amides is 2. The molecule has 30 heavy (non-hydrogen) atoms. The van der Waals surface area contributed by atoms with Gasteiger partial charge in [0.05, 0.1) is 6.61 Å². The van der Waals surface area contributed by atoms with Crippen LogP contribution in [0, 0.1) is 6.92 Å². The molecule has 0 saturated heterocycles. The lowest BCUT2D eigenvalue weighted by atomic mass is 10.2. The fraction of sp³-hybridized carbons (Fsp3) is 0.632. The van der Waals surface area contributed by atoms with Crippen LogP contribution in [0.5, 0.6) is 0 Å². The molecule has 0 aliphatic carbocycles. The zero-order chi connectivity index (χ0) is 23.1. The van der Waals surface area contributed by atoms with Crippen LogP contribution in [0.25, 0.3) is 0 Å². The highest BCUT2D eigenvalue weighted by molar-refractivity contribution is 5.82. The highest BCUT2D eigenvalue weighted by atomic mass is 16.6. The molecule has 168 valence electrons. The summed E-state index contributed by atoms with van der Waals surface area (Å²) in [6.45, 7) is 9.32. The Bertz CT molecular complexity index is 882. The Morgan fingerprint density at radius 2 is 1.90 bits per heavy atom. The first-order valence-electron chi connectivity index (χ1n) is 9.55. The van der Waals surface area contributed by atoms with Gasteiger partial charge in [-0.2, -0.15) is 0 Å². The number of esters is 1. The SMILES string of the molecule is CCOC(=O)CN(C[C@H](C)NC(=O)OC(C)(C)C)C(=O)Cn1cc(C)c(=O)[nH]c1=O. The lowest BCUT2D eigenvalue weighted by molar-refractivity contribution is -0.149. The third-order valence-electron chi connectivity index (χ3n) is 3.73. The van der Waals surface area contributed by atoms with E-state index in [4.69, 9.17) is 9.47 Å². The van der Waals surface area contributed by atoms with Gasteiger partial charge in [-0.15, -0.1) is 0 Å². The molecule has 0 unspecified atom stereocenters. The van der Waals surface area contributed by atoms with Crippen molar-refractivity contribution in [3.8, 4) is 0 Å². The molecule has 11 heteroatoms. The number of hydrogen-bond acceptors (Lipinski definition) is 7. The third kappa shape index (κ3) is 8.50. The Hall–Kier alpha value is -3.11.